The number of hydrogen-bond acceptors (Lipinski definition) is 8. The second-order valence-electron chi connectivity index (χ2n) is 7.46. The number of ether oxygens (including phenoxy) is 1. The number of nitrogens with zero attached hydrogens (tertiary/aromatic N) is 3. The average Bonchev–Trinajstić information content (AvgIpc) is 3.43. The van der Waals surface area contributed by atoms with Gasteiger partial charge in [0.05, 0.1) is 30.5 Å². The molecule has 3 aliphatic heterocycles. The summed E-state index contributed by atoms with van der Waals surface area (Å²) in [5.41, 5.74) is 3.15. The molecule has 0 aliphatic carbocycles. The zero-order valence-electron chi connectivity index (χ0n) is 16.8. The van der Waals surface area contributed by atoms with E-state index in [9.17, 15) is 24.0 Å². The van der Waals surface area contributed by atoms with Gasteiger partial charge >= 0.3 is 0 Å². The van der Waals surface area contributed by atoms with E-state index >= 15 is 0 Å². The summed E-state index contributed by atoms with van der Waals surface area (Å²) in [5.74, 6) is -3.58. The van der Waals surface area contributed by atoms with Crippen LogP contribution in [-0.2, 0) is 14.4 Å². The molecule has 0 radical (unpaired) electrons. The van der Waals surface area contributed by atoms with Gasteiger partial charge in [-0.15, -0.1) is 0 Å². The van der Waals surface area contributed by atoms with Crippen LogP contribution < -0.4 is 15.1 Å². The average molecular weight is 432 g/mol. The number of ketones is 1. The number of benzene rings is 2. The van der Waals surface area contributed by atoms with Gasteiger partial charge in [-0.1, -0.05) is 12.1 Å². The molecule has 0 aromatic heterocycles. The summed E-state index contributed by atoms with van der Waals surface area (Å²) in [6.45, 7) is -0.569. The Bertz CT molecular complexity index is 1200. The number of methoxy groups -OCH3 is 1. The van der Waals surface area contributed by atoms with Gasteiger partial charge in [-0.2, -0.15) is 5.10 Å². The maximum atomic E-state index is 13.1. The summed E-state index contributed by atoms with van der Waals surface area (Å²) in [6, 6.07) is 11.6. The fraction of sp³-hybridized carbons (Fsp3) is 0.182. The van der Waals surface area contributed by atoms with Crippen molar-refractivity contribution in [1.82, 2.24) is 10.3 Å². The van der Waals surface area contributed by atoms with Crippen molar-refractivity contribution in [1.29, 1.82) is 0 Å². The van der Waals surface area contributed by atoms with Crippen LogP contribution >= 0.6 is 0 Å². The predicted molar refractivity (Wildman–Crippen MR) is 110 cm³/mol. The molecule has 1 N–H and O–H groups in total. The molecule has 5 rings (SSSR count). The summed E-state index contributed by atoms with van der Waals surface area (Å²) in [7, 11) is 1.50. The summed E-state index contributed by atoms with van der Waals surface area (Å²) in [6.07, 6.45) is 0. The van der Waals surface area contributed by atoms with Crippen molar-refractivity contribution in [2.75, 3.05) is 18.6 Å². The number of hydrazone groups is 1. The lowest BCUT2D eigenvalue weighted by molar-refractivity contribution is -0.122. The standard InChI is InChI=1S/C22H16N4O6/c1-32-12-8-6-11(7-9-12)26-21(30)16-17(23-24-18(16)22(26)31)15(27)10-25-19(28)13-4-2-3-5-14(13)20(25)29/h2-9,16,18,24H,10H2,1H3. The van der Waals surface area contributed by atoms with Gasteiger partial charge in [0.25, 0.3) is 17.7 Å². The lowest BCUT2D eigenvalue weighted by atomic mass is 9.95. The number of Topliss-reactive ketones (excluding diaryl/α,β-unsaturated/α-hetero) is 1. The van der Waals surface area contributed by atoms with E-state index in [1.807, 2.05) is 0 Å². The summed E-state index contributed by atoms with van der Waals surface area (Å²) < 4.78 is 5.09. The minimum absolute atomic E-state index is 0.180. The van der Waals surface area contributed by atoms with Crippen LogP contribution in [0.2, 0.25) is 0 Å². The first kappa shape index (κ1) is 19.6. The molecule has 2 unspecified atom stereocenters. The van der Waals surface area contributed by atoms with Crippen molar-refractivity contribution in [3.8, 4) is 5.75 Å². The van der Waals surface area contributed by atoms with E-state index in [-0.39, 0.29) is 16.8 Å². The third kappa shape index (κ3) is 2.73. The Morgan fingerprint density at radius 3 is 2.19 bits per heavy atom. The third-order valence-corrected chi connectivity index (χ3v) is 5.72. The first-order valence-corrected chi connectivity index (χ1v) is 9.75. The molecule has 2 atom stereocenters. The molecule has 2 aromatic carbocycles. The monoisotopic (exact) mass is 432 g/mol. The highest BCUT2D eigenvalue weighted by molar-refractivity contribution is 6.49. The van der Waals surface area contributed by atoms with Crippen molar-refractivity contribution in [3.05, 3.63) is 59.7 Å². The minimum atomic E-state index is -1.13. The molecule has 2 aromatic rings. The number of amides is 4. The Balaban J connectivity index is 1.37. The van der Waals surface area contributed by atoms with E-state index in [0.717, 1.165) is 9.80 Å². The summed E-state index contributed by atoms with van der Waals surface area (Å²) in [4.78, 5) is 65.8. The Kier molecular flexibility index (Phi) is 4.36. The second-order valence-corrected chi connectivity index (χ2v) is 7.46. The van der Waals surface area contributed by atoms with Gasteiger partial charge in [-0.25, -0.2) is 4.90 Å². The van der Waals surface area contributed by atoms with Gasteiger partial charge < -0.3 is 4.74 Å². The van der Waals surface area contributed by atoms with E-state index in [1.54, 1.807) is 36.4 Å². The molecule has 160 valence electrons. The fourth-order valence-electron chi connectivity index (χ4n) is 4.11. The number of carbonyl (C=O) groups excluding carboxylic acids is 5. The van der Waals surface area contributed by atoms with Gasteiger partial charge in [0.15, 0.2) is 5.78 Å². The molecule has 0 spiro atoms. The van der Waals surface area contributed by atoms with Crippen molar-refractivity contribution >= 4 is 40.8 Å². The van der Waals surface area contributed by atoms with Crippen LogP contribution in [0, 0.1) is 5.92 Å². The quantitative estimate of drug-likeness (QED) is 0.677. The Morgan fingerprint density at radius 2 is 1.59 bits per heavy atom. The summed E-state index contributed by atoms with van der Waals surface area (Å²) in [5, 5.41) is 3.90. The number of anilines is 1. The number of hydrogen-bond donors (Lipinski definition) is 1. The van der Waals surface area contributed by atoms with E-state index in [2.05, 4.69) is 10.5 Å². The van der Waals surface area contributed by atoms with Crippen LogP contribution in [-0.4, -0.2) is 59.7 Å². The number of nitrogens with one attached hydrogen (secondary N) is 1. The van der Waals surface area contributed by atoms with Crippen molar-refractivity contribution < 1.29 is 28.7 Å². The highest BCUT2D eigenvalue weighted by Crippen LogP contribution is 2.32. The zero-order chi connectivity index (χ0) is 22.6. The fourth-order valence-corrected chi connectivity index (χ4v) is 4.11. The van der Waals surface area contributed by atoms with E-state index in [4.69, 9.17) is 4.74 Å². The van der Waals surface area contributed by atoms with Crippen LogP contribution in [0.1, 0.15) is 20.7 Å². The topological polar surface area (TPSA) is 125 Å². The van der Waals surface area contributed by atoms with Gasteiger partial charge in [0.2, 0.25) is 5.91 Å². The number of rotatable bonds is 5. The van der Waals surface area contributed by atoms with Crippen LogP contribution in [0.5, 0.6) is 5.75 Å². The van der Waals surface area contributed by atoms with Gasteiger partial charge in [-0.05, 0) is 36.4 Å². The number of imide groups is 2. The lowest BCUT2D eigenvalue weighted by Crippen LogP contribution is -2.41. The van der Waals surface area contributed by atoms with Crippen LogP contribution in [0.15, 0.2) is 53.6 Å². The van der Waals surface area contributed by atoms with E-state index < -0.39 is 47.9 Å². The molecule has 32 heavy (non-hydrogen) atoms. The number of carbonyl (C=O) groups is 5. The number of fused-ring (bicyclic) bond motifs is 2. The Morgan fingerprint density at radius 1 is 0.969 bits per heavy atom. The second kappa shape index (κ2) is 7.12. The van der Waals surface area contributed by atoms with E-state index in [0.29, 0.717) is 11.4 Å². The molecule has 10 nitrogen and oxygen atoms in total. The van der Waals surface area contributed by atoms with Crippen LogP contribution in [0.25, 0.3) is 0 Å². The smallest absolute Gasteiger partial charge is 0.261 e. The van der Waals surface area contributed by atoms with Crippen LogP contribution in [0.4, 0.5) is 5.69 Å². The molecular weight excluding hydrogens is 416 g/mol. The van der Waals surface area contributed by atoms with Crippen molar-refractivity contribution in [2.24, 2.45) is 11.0 Å². The highest BCUT2D eigenvalue weighted by Gasteiger charge is 2.55. The zero-order valence-corrected chi connectivity index (χ0v) is 16.8. The maximum Gasteiger partial charge on any atom is 0.261 e. The molecule has 4 amide bonds. The first-order chi connectivity index (χ1) is 15.4. The molecular formula is C22H16N4O6. The molecule has 3 heterocycles. The molecule has 10 heteroatoms. The minimum Gasteiger partial charge on any atom is -0.497 e. The predicted octanol–water partition coefficient (Wildman–Crippen LogP) is 0.378. The maximum absolute atomic E-state index is 13.1. The molecule has 1 fully saturated rings. The summed E-state index contributed by atoms with van der Waals surface area (Å²) >= 11 is 0. The Hall–Kier alpha value is -4.34. The molecule has 1 saturated heterocycles. The first-order valence-electron chi connectivity index (χ1n) is 9.75. The Labute approximate surface area is 181 Å². The SMILES string of the molecule is COc1ccc(N2C(=O)C3NN=C(C(=O)CN4C(=O)c5ccccc5C4=O)C3C2=O)cc1. The lowest BCUT2D eigenvalue weighted by Gasteiger charge is -2.16. The normalized spacial score (nSPS) is 21.5. The van der Waals surface area contributed by atoms with Crippen molar-refractivity contribution in [3.63, 3.8) is 0 Å². The largest absolute Gasteiger partial charge is 0.497 e. The molecule has 0 saturated carbocycles. The van der Waals surface area contributed by atoms with E-state index in [1.165, 1.54) is 19.2 Å². The van der Waals surface area contributed by atoms with Crippen molar-refractivity contribution in [2.45, 2.75) is 6.04 Å². The third-order valence-electron chi connectivity index (χ3n) is 5.72. The molecule has 0 bridgehead atoms. The molecule has 3 aliphatic rings. The van der Waals surface area contributed by atoms with Crippen LogP contribution in [0.3, 0.4) is 0 Å². The van der Waals surface area contributed by atoms with Gasteiger partial charge in [0, 0.05) is 0 Å². The van der Waals surface area contributed by atoms with Gasteiger partial charge in [-0.3, -0.25) is 34.3 Å². The highest BCUT2D eigenvalue weighted by atomic mass is 16.5. The van der Waals surface area contributed by atoms with Gasteiger partial charge in [0.1, 0.15) is 23.4 Å².